The number of aryl methyl sites for hydroxylation is 1. The number of pyridine rings is 1. The molecule has 1 atom stereocenters. The Bertz CT molecular complexity index is 533. The molecule has 1 saturated heterocycles. The van der Waals surface area contributed by atoms with Gasteiger partial charge in [-0.25, -0.2) is 9.78 Å². The molecule has 2 rings (SSSR count). The number of piperidine rings is 1. The Balaban J connectivity index is 2.45. The summed E-state index contributed by atoms with van der Waals surface area (Å²) < 4.78 is 4.90. The molecule has 1 fully saturated rings. The summed E-state index contributed by atoms with van der Waals surface area (Å²) in [4.78, 5) is 18.6. The van der Waals surface area contributed by atoms with Crippen LogP contribution >= 0.6 is 12.2 Å². The maximum absolute atomic E-state index is 12.0. The van der Waals surface area contributed by atoms with Crippen molar-refractivity contribution in [1.82, 2.24) is 4.98 Å². The molecule has 0 saturated carbocycles. The predicted octanol–water partition coefficient (Wildman–Crippen LogP) is 1.56. The van der Waals surface area contributed by atoms with E-state index in [0.717, 1.165) is 36.9 Å². The first-order valence-corrected chi connectivity index (χ1v) is 7.07. The second-order valence-electron chi connectivity index (χ2n) is 4.92. The topological polar surface area (TPSA) is 68.5 Å². The number of rotatable bonds is 3. The van der Waals surface area contributed by atoms with Crippen LogP contribution in [0.1, 0.15) is 30.4 Å². The molecular formula is C14H19N3O2S. The first-order valence-electron chi connectivity index (χ1n) is 6.66. The van der Waals surface area contributed by atoms with Gasteiger partial charge in [0.25, 0.3) is 0 Å². The highest BCUT2D eigenvalue weighted by molar-refractivity contribution is 7.80. The van der Waals surface area contributed by atoms with Crippen LogP contribution in [0, 0.1) is 6.92 Å². The number of ether oxygens (including phenoxy) is 1. The second-order valence-corrected chi connectivity index (χ2v) is 5.36. The zero-order chi connectivity index (χ0) is 14.7. The summed E-state index contributed by atoms with van der Waals surface area (Å²) in [5.74, 6) is 0.453. The van der Waals surface area contributed by atoms with Crippen LogP contribution in [0.5, 0.6) is 0 Å². The van der Waals surface area contributed by atoms with Gasteiger partial charge in [0.2, 0.25) is 0 Å². The Kier molecular flexibility index (Phi) is 4.54. The van der Waals surface area contributed by atoms with Crippen molar-refractivity contribution in [2.24, 2.45) is 5.73 Å². The van der Waals surface area contributed by atoms with Crippen LogP contribution in [-0.2, 0) is 9.53 Å². The number of methoxy groups -OCH3 is 1. The molecule has 0 spiro atoms. The lowest BCUT2D eigenvalue weighted by atomic mass is 10.0. The van der Waals surface area contributed by atoms with E-state index in [-0.39, 0.29) is 12.0 Å². The Hall–Kier alpha value is -1.69. The number of hydrogen-bond donors (Lipinski definition) is 1. The van der Waals surface area contributed by atoms with Gasteiger partial charge < -0.3 is 15.4 Å². The summed E-state index contributed by atoms with van der Waals surface area (Å²) in [5, 5.41) is 0. The minimum absolute atomic E-state index is 0.234. The lowest BCUT2D eigenvalue weighted by Gasteiger charge is -2.35. The molecule has 1 unspecified atom stereocenters. The number of esters is 1. The quantitative estimate of drug-likeness (QED) is 0.674. The van der Waals surface area contributed by atoms with Crippen molar-refractivity contribution >= 4 is 29.0 Å². The lowest BCUT2D eigenvalue weighted by Crippen LogP contribution is -2.46. The fourth-order valence-electron chi connectivity index (χ4n) is 2.63. The zero-order valence-electron chi connectivity index (χ0n) is 11.8. The standard InChI is InChI=1S/C14H19N3O2S/c1-9-6-7-16-13(11(9)12(15)20)17-8-4-3-5-10(17)14(18)19-2/h6-7,10H,3-5,8H2,1-2H3,(H2,15,20). The number of aromatic nitrogens is 1. The van der Waals surface area contributed by atoms with E-state index < -0.39 is 0 Å². The SMILES string of the molecule is COC(=O)C1CCCCN1c1nccc(C)c1C(N)=S. The van der Waals surface area contributed by atoms with Crippen LogP contribution in [0.4, 0.5) is 5.82 Å². The summed E-state index contributed by atoms with van der Waals surface area (Å²) in [5.41, 5.74) is 7.54. The fraction of sp³-hybridized carbons (Fsp3) is 0.500. The number of nitrogens with two attached hydrogens (primary N) is 1. The van der Waals surface area contributed by atoms with Crippen LogP contribution in [0.3, 0.4) is 0 Å². The largest absolute Gasteiger partial charge is 0.467 e. The average Bonchev–Trinajstić information content (AvgIpc) is 2.45. The number of carbonyl (C=O) groups excluding carboxylic acids is 1. The molecule has 0 amide bonds. The first kappa shape index (κ1) is 14.7. The van der Waals surface area contributed by atoms with Gasteiger partial charge in [0.05, 0.1) is 12.7 Å². The van der Waals surface area contributed by atoms with E-state index in [1.807, 2.05) is 17.9 Å². The van der Waals surface area contributed by atoms with Crippen molar-refractivity contribution in [1.29, 1.82) is 0 Å². The van der Waals surface area contributed by atoms with Crippen molar-refractivity contribution < 1.29 is 9.53 Å². The van der Waals surface area contributed by atoms with Gasteiger partial charge in [0.1, 0.15) is 16.8 Å². The molecule has 0 radical (unpaired) electrons. The highest BCUT2D eigenvalue weighted by atomic mass is 32.1. The van der Waals surface area contributed by atoms with E-state index in [1.54, 1.807) is 6.20 Å². The van der Waals surface area contributed by atoms with Gasteiger partial charge in [-0.15, -0.1) is 0 Å². The number of thiocarbonyl (C=S) groups is 1. The normalized spacial score (nSPS) is 18.7. The van der Waals surface area contributed by atoms with Crippen molar-refractivity contribution in [2.75, 3.05) is 18.6 Å². The third kappa shape index (κ3) is 2.75. The third-order valence-electron chi connectivity index (χ3n) is 3.63. The fourth-order valence-corrected chi connectivity index (χ4v) is 2.88. The Labute approximate surface area is 124 Å². The first-order chi connectivity index (χ1) is 9.56. The minimum atomic E-state index is -0.309. The predicted molar refractivity (Wildman–Crippen MR) is 81.9 cm³/mol. The van der Waals surface area contributed by atoms with Crippen LogP contribution in [0.25, 0.3) is 0 Å². The van der Waals surface area contributed by atoms with Gasteiger partial charge in [-0.3, -0.25) is 0 Å². The van der Waals surface area contributed by atoms with Crippen molar-refractivity contribution in [3.63, 3.8) is 0 Å². The molecule has 6 heteroatoms. The van der Waals surface area contributed by atoms with E-state index in [9.17, 15) is 4.79 Å². The average molecular weight is 293 g/mol. The monoisotopic (exact) mass is 293 g/mol. The van der Waals surface area contributed by atoms with Gasteiger partial charge >= 0.3 is 5.97 Å². The van der Waals surface area contributed by atoms with E-state index >= 15 is 0 Å². The maximum Gasteiger partial charge on any atom is 0.328 e. The van der Waals surface area contributed by atoms with Crippen molar-refractivity contribution in [3.05, 3.63) is 23.4 Å². The Morgan fingerprint density at radius 3 is 2.95 bits per heavy atom. The van der Waals surface area contributed by atoms with Crippen LogP contribution in [-0.4, -0.2) is 35.6 Å². The summed E-state index contributed by atoms with van der Waals surface area (Å²) in [6.07, 6.45) is 4.50. The van der Waals surface area contributed by atoms with Gasteiger partial charge in [-0.1, -0.05) is 12.2 Å². The van der Waals surface area contributed by atoms with Gasteiger partial charge in [-0.05, 0) is 37.8 Å². The molecule has 2 N–H and O–H groups in total. The molecule has 1 aliphatic rings. The van der Waals surface area contributed by atoms with Gasteiger partial charge in [-0.2, -0.15) is 0 Å². The Morgan fingerprint density at radius 1 is 1.55 bits per heavy atom. The zero-order valence-corrected chi connectivity index (χ0v) is 12.6. The number of hydrogen-bond acceptors (Lipinski definition) is 5. The molecule has 5 nitrogen and oxygen atoms in total. The highest BCUT2D eigenvalue weighted by Crippen LogP contribution is 2.28. The van der Waals surface area contributed by atoms with Crippen molar-refractivity contribution in [2.45, 2.75) is 32.2 Å². The molecule has 1 aromatic rings. The summed E-state index contributed by atoms with van der Waals surface area (Å²) >= 11 is 5.13. The molecule has 0 aromatic carbocycles. The Morgan fingerprint density at radius 2 is 2.30 bits per heavy atom. The molecule has 2 heterocycles. The van der Waals surface area contributed by atoms with E-state index in [4.69, 9.17) is 22.7 Å². The van der Waals surface area contributed by atoms with E-state index in [2.05, 4.69) is 4.98 Å². The highest BCUT2D eigenvalue weighted by Gasteiger charge is 2.32. The summed E-state index contributed by atoms with van der Waals surface area (Å²) in [7, 11) is 1.41. The van der Waals surface area contributed by atoms with Crippen LogP contribution in [0.2, 0.25) is 0 Å². The molecule has 0 bridgehead atoms. The summed E-state index contributed by atoms with van der Waals surface area (Å²) in [6.45, 7) is 2.70. The van der Waals surface area contributed by atoms with Gasteiger partial charge in [0.15, 0.2) is 0 Å². The van der Waals surface area contributed by atoms with Crippen LogP contribution in [0.15, 0.2) is 12.3 Å². The van der Waals surface area contributed by atoms with Gasteiger partial charge in [0, 0.05) is 12.7 Å². The number of anilines is 1. The van der Waals surface area contributed by atoms with Crippen LogP contribution < -0.4 is 10.6 Å². The van der Waals surface area contributed by atoms with E-state index in [1.165, 1.54) is 7.11 Å². The molecule has 108 valence electrons. The van der Waals surface area contributed by atoms with Crippen molar-refractivity contribution in [3.8, 4) is 0 Å². The molecule has 0 aliphatic carbocycles. The number of carbonyl (C=O) groups is 1. The molecule has 1 aromatic heterocycles. The maximum atomic E-state index is 12.0. The molecule has 1 aliphatic heterocycles. The second kappa shape index (κ2) is 6.17. The summed E-state index contributed by atoms with van der Waals surface area (Å²) in [6, 6.07) is 1.56. The third-order valence-corrected chi connectivity index (χ3v) is 3.84. The smallest absolute Gasteiger partial charge is 0.328 e. The molecular weight excluding hydrogens is 274 g/mol. The van der Waals surface area contributed by atoms with E-state index in [0.29, 0.717) is 10.8 Å². The molecule has 20 heavy (non-hydrogen) atoms. The number of nitrogens with zero attached hydrogens (tertiary/aromatic N) is 2. The minimum Gasteiger partial charge on any atom is -0.467 e. The lowest BCUT2D eigenvalue weighted by molar-refractivity contribution is -0.142.